The Hall–Kier alpha value is -2.87. The minimum atomic E-state index is -0.990. The molecule has 1 amide bonds. The Balaban J connectivity index is 1.88. The lowest BCUT2D eigenvalue weighted by Crippen LogP contribution is -2.30. The van der Waals surface area contributed by atoms with Crippen molar-refractivity contribution in [3.8, 4) is 5.75 Å². The van der Waals surface area contributed by atoms with Crippen molar-refractivity contribution >= 4 is 35.3 Å². The van der Waals surface area contributed by atoms with E-state index < -0.39 is 12.7 Å². The van der Waals surface area contributed by atoms with Gasteiger partial charge in [0, 0.05) is 6.54 Å². The van der Waals surface area contributed by atoms with E-state index in [1.54, 1.807) is 24.3 Å². The summed E-state index contributed by atoms with van der Waals surface area (Å²) in [5, 5.41) is 18.6. The van der Waals surface area contributed by atoms with Gasteiger partial charge >= 0.3 is 11.9 Å². The van der Waals surface area contributed by atoms with Gasteiger partial charge in [-0.25, -0.2) is 9.89 Å². The summed E-state index contributed by atoms with van der Waals surface area (Å²) in [7, 11) is 0. The third-order valence-corrected chi connectivity index (χ3v) is 4.82. The van der Waals surface area contributed by atoms with Crippen molar-refractivity contribution in [2.75, 3.05) is 24.7 Å². The van der Waals surface area contributed by atoms with Crippen LogP contribution < -0.4 is 9.64 Å². The van der Waals surface area contributed by atoms with Crippen molar-refractivity contribution < 1.29 is 24.5 Å². The Morgan fingerprint density at radius 3 is 2.74 bits per heavy atom. The predicted octanol–water partition coefficient (Wildman–Crippen LogP) is 3.55. The Morgan fingerprint density at radius 1 is 1.29 bits per heavy atom. The van der Waals surface area contributed by atoms with Crippen molar-refractivity contribution in [3.05, 3.63) is 64.4 Å². The molecule has 1 atom stereocenters. The van der Waals surface area contributed by atoms with Crippen LogP contribution in [0.1, 0.15) is 24.5 Å². The van der Waals surface area contributed by atoms with Crippen LogP contribution in [-0.4, -0.2) is 48.0 Å². The van der Waals surface area contributed by atoms with Crippen LogP contribution in [0.5, 0.6) is 5.75 Å². The zero-order valence-corrected chi connectivity index (χ0v) is 18.2. The molecule has 0 bridgehead atoms. The maximum atomic E-state index is 13.1. The molecule has 0 saturated carbocycles. The number of nitrogens with zero attached hydrogens (tertiary/aromatic N) is 2. The van der Waals surface area contributed by atoms with E-state index >= 15 is 0 Å². The molecule has 31 heavy (non-hydrogen) atoms. The maximum Gasteiger partial charge on any atom is 0.305 e. The van der Waals surface area contributed by atoms with E-state index in [1.165, 1.54) is 4.90 Å². The van der Waals surface area contributed by atoms with Crippen LogP contribution in [0.4, 0.5) is 5.69 Å². The highest BCUT2D eigenvalue weighted by molar-refractivity contribution is 6.32. The van der Waals surface area contributed by atoms with E-state index in [4.69, 9.17) is 26.2 Å². The fraction of sp³-hybridized carbons (Fsp3) is 0.304. The van der Waals surface area contributed by atoms with Crippen LogP contribution in [0.3, 0.4) is 0 Å². The van der Waals surface area contributed by atoms with Gasteiger partial charge < -0.3 is 19.7 Å². The highest BCUT2D eigenvalue weighted by atomic mass is 35.5. The zero-order chi connectivity index (χ0) is 22.4. The van der Waals surface area contributed by atoms with Crippen LogP contribution >= 0.6 is 11.6 Å². The summed E-state index contributed by atoms with van der Waals surface area (Å²) in [6.45, 7) is 3.98. The van der Waals surface area contributed by atoms with Gasteiger partial charge in [0.1, 0.15) is 18.5 Å². The zero-order valence-electron chi connectivity index (χ0n) is 17.4. The van der Waals surface area contributed by atoms with Crippen molar-refractivity contribution in [1.82, 2.24) is 0 Å². The number of anilines is 1. The van der Waals surface area contributed by atoms with Crippen molar-refractivity contribution in [2.45, 2.75) is 26.4 Å². The van der Waals surface area contributed by atoms with Crippen molar-refractivity contribution in [2.24, 2.45) is 4.99 Å². The number of aryl methyl sites for hydroxylation is 1. The Bertz CT molecular complexity index is 1010. The number of amides is 1. The van der Waals surface area contributed by atoms with E-state index in [9.17, 15) is 9.90 Å². The Kier molecular flexibility index (Phi) is 7.68. The average Bonchev–Trinajstić information content (AvgIpc) is 3.06. The maximum absolute atomic E-state index is 13.1. The normalized spacial score (nSPS) is 17.3. The number of amidine groups is 1. The number of ether oxygens (including phenoxy) is 2. The third-order valence-electron chi connectivity index (χ3n) is 4.53. The molecule has 2 aromatic rings. The molecule has 0 radical (unpaired) electrons. The number of aliphatic hydroxyl groups excluding tert-OH is 2. The fourth-order valence-corrected chi connectivity index (χ4v) is 3.17. The molecule has 3 rings (SSSR count). The third kappa shape index (κ3) is 5.44. The highest BCUT2D eigenvalue weighted by Gasteiger charge is 2.36. The van der Waals surface area contributed by atoms with E-state index in [-0.39, 0.29) is 24.3 Å². The molecule has 7 nitrogen and oxygen atoms in total. The molecule has 1 saturated heterocycles. The largest absolute Gasteiger partial charge is 0.489 e. The number of halogens is 1. The first-order valence-corrected chi connectivity index (χ1v) is 10.4. The molecule has 164 valence electrons. The lowest BCUT2D eigenvalue weighted by molar-refractivity contribution is -0.114. The molecule has 0 aromatic heterocycles. The Morgan fingerprint density at radius 2 is 2.06 bits per heavy atom. The van der Waals surface area contributed by atoms with Gasteiger partial charge in [0.15, 0.2) is 5.76 Å². The Labute approximate surface area is 186 Å². The lowest BCUT2D eigenvalue weighted by Gasteiger charge is -2.15. The summed E-state index contributed by atoms with van der Waals surface area (Å²) in [6.07, 6.45) is 1.43. The molecule has 1 aliphatic rings. The quantitative estimate of drug-likeness (QED) is 0.607. The number of benzene rings is 2. The van der Waals surface area contributed by atoms with Gasteiger partial charge in [-0.3, -0.25) is 4.79 Å². The number of para-hydroxylation sites is 1. The molecule has 0 aliphatic carbocycles. The fourth-order valence-electron chi connectivity index (χ4n) is 2.93. The van der Waals surface area contributed by atoms with Crippen LogP contribution in [0.15, 0.2) is 53.2 Å². The number of rotatable bonds is 8. The molecule has 1 unspecified atom stereocenters. The van der Waals surface area contributed by atoms with Crippen molar-refractivity contribution in [1.29, 1.82) is 0 Å². The van der Waals surface area contributed by atoms with E-state index in [2.05, 4.69) is 4.99 Å². The topological polar surface area (TPSA) is 91.6 Å². The minimum absolute atomic E-state index is 0.0824. The SMILES string of the molecule is CCC/N=C1/O/C(=C\c2ccc(OCC(O)CO)c(Cl)c2)C(=O)N1c1ccccc1C. The van der Waals surface area contributed by atoms with Crippen LogP contribution in [0.2, 0.25) is 5.02 Å². The lowest BCUT2D eigenvalue weighted by atomic mass is 10.1. The van der Waals surface area contributed by atoms with Gasteiger partial charge in [-0.05, 0) is 48.7 Å². The first-order valence-electron chi connectivity index (χ1n) is 10.00. The number of aliphatic hydroxyl groups is 2. The van der Waals surface area contributed by atoms with E-state index in [1.807, 2.05) is 38.1 Å². The molecular weight excluding hydrogens is 420 g/mol. The summed E-state index contributed by atoms with van der Waals surface area (Å²) in [5.74, 6) is 0.187. The highest BCUT2D eigenvalue weighted by Crippen LogP contribution is 2.31. The number of hydrogen-bond donors (Lipinski definition) is 2. The van der Waals surface area contributed by atoms with Crippen LogP contribution in [0, 0.1) is 6.92 Å². The number of carbonyl (C=O) groups excluding carboxylic acids is 1. The van der Waals surface area contributed by atoms with Gasteiger partial charge in [-0.2, -0.15) is 0 Å². The standard InChI is InChI=1S/C23H25ClN2O5/c1-3-10-25-23-26(19-7-5-4-6-15(19)2)22(29)21(31-23)12-16-8-9-20(18(24)11-16)30-14-17(28)13-27/h4-9,11-12,17,27-28H,3,10,13-14H2,1-2H3/b21-12-,25-23+. The number of carbonyl (C=O) groups is 1. The van der Waals surface area contributed by atoms with Crippen LogP contribution in [-0.2, 0) is 9.53 Å². The molecule has 1 heterocycles. The van der Waals surface area contributed by atoms with E-state index in [0.717, 1.165) is 17.7 Å². The molecule has 1 fully saturated rings. The number of aliphatic imine (C=N–C) groups is 1. The van der Waals surface area contributed by atoms with Gasteiger partial charge in [0.25, 0.3) is 0 Å². The number of hydrogen-bond acceptors (Lipinski definition) is 6. The molecule has 2 N–H and O–H groups in total. The molecule has 8 heteroatoms. The molecule has 0 spiro atoms. The second kappa shape index (κ2) is 10.4. The minimum Gasteiger partial charge on any atom is -0.489 e. The monoisotopic (exact) mass is 444 g/mol. The van der Waals surface area contributed by atoms with Gasteiger partial charge in [0.05, 0.1) is 17.3 Å². The molecular formula is C23H25ClN2O5. The second-order valence-corrected chi connectivity index (χ2v) is 7.45. The molecule has 1 aliphatic heterocycles. The first kappa shape index (κ1) is 22.8. The average molecular weight is 445 g/mol. The van der Waals surface area contributed by atoms with Gasteiger partial charge in [0.2, 0.25) is 0 Å². The first-order chi connectivity index (χ1) is 14.9. The molecule has 2 aromatic carbocycles. The second-order valence-electron chi connectivity index (χ2n) is 7.04. The van der Waals surface area contributed by atoms with Gasteiger partial charge in [-0.1, -0.05) is 42.8 Å². The smallest absolute Gasteiger partial charge is 0.305 e. The van der Waals surface area contributed by atoms with Gasteiger partial charge in [-0.15, -0.1) is 0 Å². The summed E-state index contributed by atoms with van der Waals surface area (Å²) in [5.41, 5.74) is 2.29. The summed E-state index contributed by atoms with van der Waals surface area (Å²) in [6, 6.07) is 12.8. The summed E-state index contributed by atoms with van der Waals surface area (Å²) >= 11 is 6.26. The summed E-state index contributed by atoms with van der Waals surface area (Å²) < 4.78 is 11.2. The van der Waals surface area contributed by atoms with E-state index in [0.29, 0.717) is 22.9 Å². The van der Waals surface area contributed by atoms with Crippen molar-refractivity contribution in [3.63, 3.8) is 0 Å². The predicted molar refractivity (Wildman–Crippen MR) is 120 cm³/mol. The van der Waals surface area contributed by atoms with Crippen LogP contribution in [0.25, 0.3) is 6.08 Å². The summed E-state index contributed by atoms with van der Waals surface area (Å²) in [4.78, 5) is 19.1.